The number of pyridine rings is 1. The molecule has 1 aromatic heterocycles. The Morgan fingerprint density at radius 1 is 1.11 bits per heavy atom. The molecule has 4 rings (SSSR count). The lowest BCUT2D eigenvalue weighted by atomic mass is 10.1. The smallest absolute Gasteiger partial charge is 0.273 e. The number of benzene rings is 2. The minimum Gasteiger partial charge on any atom is -0.490 e. The minimum absolute atomic E-state index is 0.172. The number of hydrogen-bond donors (Lipinski definition) is 0. The molecule has 2 heterocycles. The minimum atomic E-state index is -0.305. The fraction of sp³-hybridized carbons (Fsp3) is 0.286. The van der Waals surface area contributed by atoms with Gasteiger partial charge >= 0.3 is 0 Å². The normalized spacial score (nSPS) is 15.7. The third-order valence-electron chi connectivity index (χ3n) is 5.03. The Labute approximate surface area is 157 Å². The van der Waals surface area contributed by atoms with E-state index in [9.17, 15) is 10.1 Å². The highest BCUT2D eigenvalue weighted by Crippen LogP contribution is 2.25. The van der Waals surface area contributed by atoms with Crippen LogP contribution in [0.5, 0.6) is 5.75 Å². The summed E-state index contributed by atoms with van der Waals surface area (Å²) in [5, 5.41) is 13.4. The summed E-state index contributed by atoms with van der Waals surface area (Å²) in [6.07, 6.45) is 5.63. The van der Waals surface area contributed by atoms with Gasteiger partial charge in [0.15, 0.2) is 0 Å². The predicted molar refractivity (Wildman–Crippen MR) is 104 cm³/mol. The number of nitro groups is 1. The lowest BCUT2D eigenvalue weighted by molar-refractivity contribution is -0.385. The van der Waals surface area contributed by atoms with Crippen molar-refractivity contribution < 1.29 is 9.66 Å². The number of aromatic nitrogens is 1. The van der Waals surface area contributed by atoms with Crippen molar-refractivity contribution in [3.05, 3.63) is 76.6 Å². The number of fused-ring (bicyclic) bond motifs is 1. The summed E-state index contributed by atoms with van der Waals surface area (Å²) in [7, 11) is 0. The molecule has 0 bridgehead atoms. The molecule has 0 spiro atoms. The van der Waals surface area contributed by atoms with E-state index in [2.05, 4.69) is 16.0 Å². The first-order valence-electron chi connectivity index (χ1n) is 9.14. The van der Waals surface area contributed by atoms with Crippen LogP contribution in [0.25, 0.3) is 10.8 Å². The van der Waals surface area contributed by atoms with E-state index in [0.29, 0.717) is 6.54 Å². The van der Waals surface area contributed by atoms with E-state index in [1.807, 2.05) is 36.5 Å². The zero-order chi connectivity index (χ0) is 18.6. The highest BCUT2D eigenvalue weighted by atomic mass is 16.6. The second-order valence-corrected chi connectivity index (χ2v) is 6.86. The molecule has 1 aliphatic heterocycles. The van der Waals surface area contributed by atoms with E-state index in [1.165, 1.54) is 0 Å². The number of para-hydroxylation sites is 1. The number of ether oxygens (including phenoxy) is 1. The van der Waals surface area contributed by atoms with E-state index in [-0.39, 0.29) is 16.7 Å². The van der Waals surface area contributed by atoms with E-state index in [0.717, 1.165) is 48.0 Å². The van der Waals surface area contributed by atoms with Crippen molar-refractivity contribution in [2.24, 2.45) is 0 Å². The monoisotopic (exact) mass is 363 g/mol. The quantitative estimate of drug-likeness (QED) is 0.502. The van der Waals surface area contributed by atoms with Crippen molar-refractivity contribution >= 4 is 16.5 Å². The molecule has 1 saturated heterocycles. The molecular weight excluding hydrogens is 342 g/mol. The molecule has 6 heteroatoms. The second kappa shape index (κ2) is 7.72. The van der Waals surface area contributed by atoms with Crippen LogP contribution in [0.2, 0.25) is 0 Å². The molecule has 0 aliphatic carbocycles. The van der Waals surface area contributed by atoms with E-state index >= 15 is 0 Å². The van der Waals surface area contributed by atoms with Gasteiger partial charge in [0.2, 0.25) is 0 Å². The molecule has 0 N–H and O–H groups in total. The second-order valence-electron chi connectivity index (χ2n) is 6.86. The Kier molecular flexibility index (Phi) is 4.98. The average molecular weight is 363 g/mol. The van der Waals surface area contributed by atoms with Crippen LogP contribution >= 0.6 is 0 Å². The van der Waals surface area contributed by atoms with Gasteiger partial charge in [-0.25, -0.2) is 0 Å². The summed E-state index contributed by atoms with van der Waals surface area (Å²) >= 11 is 0. The number of likely N-dealkylation sites (tertiary alicyclic amines) is 1. The number of nitrogens with zero attached hydrogens (tertiary/aromatic N) is 3. The fourth-order valence-corrected chi connectivity index (χ4v) is 3.58. The summed E-state index contributed by atoms with van der Waals surface area (Å²) in [6.45, 7) is 2.34. The van der Waals surface area contributed by atoms with Crippen LogP contribution in [0.3, 0.4) is 0 Å². The van der Waals surface area contributed by atoms with E-state index < -0.39 is 0 Å². The van der Waals surface area contributed by atoms with Crippen LogP contribution < -0.4 is 4.74 Å². The Hall–Kier alpha value is -2.99. The van der Waals surface area contributed by atoms with Gasteiger partial charge in [-0.15, -0.1) is 0 Å². The standard InChI is InChI=1S/C21H21N3O3/c25-24(26)21-4-2-1-3-18(21)15-23-11-8-19(9-12-23)27-20-6-5-17-14-22-10-7-16(17)13-20/h1-7,10,13-14,19H,8-9,11-12,15H2. The molecule has 0 amide bonds. The topological polar surface area (TPSA) is 68.5 Å². The van der Waals surface area contributed by atoms with Crippen LogP contribution in [0.15, 0.2) is 60.9 Å². The van der Waals surface area contributed by atoms with Gasteiger partial charge in [0.25, 0.3) is 5.69 Å². The van der Waals surface area contributed by atoms with Crippen LogP contribution in [-0.2, 0) is 6.54 Å². The Morgan fingerprint density at radius 3 is 2.74 bits per heavy atom. The van der Waals surface area contributed by atoms with Crippen molar-refractivity contribution in [3.63, 3.8) is 0 Å². The van der Waals surface area contributed by atoms with Crippen molar-refractivity contribution in [1.82, 2.24) is 9.88 Å². The van der Waals surface area contributed by atoms with Crippen molar-refractivity contribution in [3.8, 4) is 5.75 Å². The molecule has 0 radical (unpaired) electrons. The summed E-state index contributed by atoms with van der Waals surface area (Å²) in [5.74, 6) is 0.880. The molecule has 0 saturated carbocycles. The predicted octanol–water partition coefficient (Wildman–Crippen LogP) is 4.19. The molecule has 1 fully saturated rings. The number of piperidine rings is 1. The van der Waals surface area contributed by atoms with Gasteiger partial charge in [-0.3, -0.25) is 20.0 Å². The zero-order valence-corrected chi connectivity index (χ0v) is 15.0. The van der Waals surface area contributed by atoms with Crippen LogP contribution in [-0.4, -0.2) is 34.0 Å². The van der Waals surface area contributed by atoms with Gasteiger partial charge in [0.1, 0.15) is 11.9 Å². The Morgan fingerprint density at radius 2 is 1.93 bits per heavy atom. The lowest BCUT2D eigenvalue weighted by Gasteiger charge is -2.32. The largest absolute Gasteiger partial charge is 0.490 e. The summed E-state index contributed by atoms with van der Waals surface area (Å²) in [6, 6.07) is 15.0. The van der Waals surface area contributed by atoms with Crippen LogP contribution in [0, 0.1) is 10.1 Å². The number of nitro benzene ring substituents is 1. The first-order valence-corrected chi connectivity index (χ1v) is 9.14. The maximum atomic E-state index is 11.2. The first-order chi connectivity index (χ1) is 13.2. The van der Waals surface area contributed by atoms with E-state index in [4.69, 9.17) is 4.74 Å². The highest BCUT2D eigenvalue weighted by molar-refractivity contribution is 5.82. The van der Waals surface area contributed by atoms with Crippen molar-refractivity contribution in [2.75, 3.05) is 13.1 Å². The SMILES string of the molecule is O=[N+]([O-])c1ccccc1CN1CCC(Oc2ccc3cnccc3c2)CC1. The molecule has 138 valence electrons. The van der Waals surface area contributed by atoms with Gasteiger partial charge in [-0.2, -0.15) is 0 Å². The maximum absolute atomic E-state index is 11.2. The van der Waals surface area contributed by atoms with Gasteiger partial charge in [-0.05, 0) is 42.5 Å². The third kappa shape index (κ3) is 4.06. The first kappa shape index (κ1) is 17.4. The maximum Gasteiger partial charge on any atom is 0.273 e. The number of hydrogen-bond acceptors (Lipinski definition) is 5. The van der Waals surface area contributed by atoms with Gasteiger partial charge in [0.05, 0.1) is 4.92 Å². The summed E-state index contributed by atoms with van der Waals surface area (Å²) < 4.78 is 6.17. The molecule has 0 atom stereocenters. The van der Waals surface area contributed by atoms with Gasteiger partial charge < -0.3 is 4.74 Å². The summed E-state index contributed by atoms with van der Waals surface area (Å²) in [4.78, 5) is 17.3. The van der Waals surface area contributed by atoms with Gasteiger partial charge in [0, 0.05) is 49.0 Å². The zero-order valence-electron chi connectivity index (χ0n) is 15.0. The third-order valence-corrected chi connectivity index (χ3v) is 5.03. The van der Waals surface area contributed by atoms with Crippen molar-refractivity contribution in [2.45, 2.75) is 25.5 Å². The lowest BCUT2D eigenvalue weighted by Crippen LogP contribution is -2.37. The van der Waals surface area contributed by atoms with E-state index in [1.54, 1.807) is 18.3 Å². The molecule has 6 nitrogen and oxygen atoms in total. The highest BCUT2D eigenvalue weighted by Gasteiger charge is 2.23. The average Bonchev–Trinajstić information content (AvgIpc) is 2.70. The van der Waals surface area contributed by atoms with Crippen LogP contribution in [0.1, 0.15) is 18.4 Å². The molecule has 27 heavy (non-hydrogen) atoms. The Balaban J connectivity index is 1.35. The fourth-order valence-electron chi connectivity index (χ4n) is 3.58. The molecule has 0 unspecified atom stereocenters. The van der Waals surface area contributed by atoms with Gasteiger partial charge in [-0.1, -0.05) is 18.2 Å². The molecule has 2 aromatic carbocycles. The van der Waals surface area contributed by atoms with Crippen LogP contribution in [0.4, 0.5) is 5.69 Å². The molecule has 1 aliphatic rings. The number of rotatable bonds is 5. The van der Waals surface area contributed by atoms with Crippen molar-refractivity contribution in [1.29, 1.82) is 0 Å². The Bertz CT molecular complexity index is 952. The summed E-state index contributed by atoms with van der Waals surface area (Å²) in [5.41, 5.74) is 0.964. The molecule has 3 aromatic rings. The molecular formula is C21H21N3O3.